The molecule has 2 aromatic rings. The van der Waals surface area contributed by atoms with Gasteiger partial charge >= 0.3 is 6.18 Å². The zero-order chi connectivity index (χ0) is 25.0. The molecule has 1 fully saturated rings. The fourth-order valence-electron chi connectivity index (χ4n) is 4.33. The van der Waals surface area contributed by atoms with Gasteiger partial charge in [0.05, 0.1) is 15.6 Å². The van der Waals surface area contributed by atoms with E-state index in [4.69, 9.17) is 23.2 Å². The Labute approximate surface area is 215 Å². The Morgan fingerprint density at radius 3 is 2.47 bits per heavy atom. The lowest BCUT2D eigenvalue weighted by Gasteiger charge is -2.29. The fourth-order valence-corrected chi connectivity index (χ4v) is 5.03. The van der Waals surface area contributed by atoms with Gasteiger partial charge in [-0.2, -0.15) is 13.2 Å². The summed E-state index contributed by atoms with van der Waals surface area (Å²) in [6.45, 7) is 1.17. The van der Waals surface area contributed by atoms with Crippen LogP contribution in [-0.2, 0) is 17.5 Å². The first kappa shape index (κ1) is 27.2. The Kier molecular flexibility index (Phi) is 9.29. The molecule has 0 unspecified atom stereocenters. The van der Waals surface area contributed by atoms with Gasteiger partial charge in [0.2, 0.25) is 5.91 Å². The van der Waals surface area contributed by atoms with E-state index in [9.17, 15) is 22.4 Å². The molecular formula is C24H25BrCl2F4N2O. The van der Waals surface area contributed by atoms with Crippen molar-refractivity contribution in [3.05, 3.63) is 69.0 Å². The number of unbranched alkanes of at least 4 members (excludes halogenated alkanes) is 1. The van der Waals surface area contributed by atoms with E-state index in [1.54, 1.807) is 12.1 Å². The molecule has 1 aliphatic rings. The molecule has 1 amide bonds. The molecule has 1 saturated heterocycles. The van der Waals surface area contributed by atoms with Crippen LogP contribution >= 0.6 is 39.1 Å². The van der Waals surface area contributed by atoms with E-state index >= 15 is 0 Å². The summed E-state index contributed by atoms with van der Waals surface area (Å²) < 4.78 is 52.8. The van der Waals surface area contributed by atoms with E-state index in [2.05, 4.69) is 15.9 Å². The van der Waals surface area contributed by atoms with E-state index in [-0.39, 0.29) is 24.4 Å². The third-order valence-corrected chi connectivity index (χ3v) is 7.42. The van der Waals surface area contributed by atoms with Crippen molar-refractivity contribution in [3.8, 4) is 0 Å². The van der Waals surface area contributed by atoms with E-state index in [1.807, 2.05) is 22.9 Å². The molecule has 0 N–H and O–H groups in total. The van der Waals surface area contributed by atoms with Crippen molar-refractivity contribution < 1.29 is 22.4 Å². The first-order chi connectivity index (χ1) is 16.0. The van der Waals surface area contributed by atoms with Gasteiger partial charge in [-0.3, -0.25) is 9.69 Å². The Balaban J connectivity index is 1.82. The number of nitrogens with zero attached hydrogens (tertiary/aromatic N) is 2. The van der Waals surface area contributed by atoms with Gasteiger partial charge in [-0.25, -0.2) is 4.39 Å². The van der Waals surface area contributed by atoms with Crippen molar-refractivity contribution in [2.24, 2.45) is 0 Å². The molecule has 0 aromatic heterocycles. The molecule has 0 aliphatic carbocycles. The second kappa shape index (κ2) is 11.6. The number of halogens is 7. The number of alkyl halides is 4. The number of carbonyl (C=O) groups is 1. The molecule has 0 bridgehead atoms. The van der Waals surface area contributed by atoms with Crippen molar-refractivity contribution in [2.45, 2.75) is 43.9 Å². The number of amides is 1. The van der Waals surface area contributed by atoms with Gasteiger partial charge in [-0.15, -0.1) is 0 Å². The summed E-state index contributed by atoms with van der Waals surface area (Å²) in [5, 5.41) is 1.67. The average Bonchev–Trinajstić information content (AvgIpc) is 3.21. The molecule has 34 heavy (non-hydrogen) atoms. The number of rotatable bonds is 8. The quantitative estimate of drug-likeness (QED) is 0.187. The van der Waals surface area contributed by atoms with Crippen LogP contribution in [0.1, 0.15) is 41.9 Å². The van der Waals surface area contributed by atoms with Gasteiger partial charge in [-0.1, -0.05) is 51.3 Å². The predicted molar refractivity (Wildman–Crippen MR) is 130 cm³/mol. The van der Waals surface area contributed by atoms with E-state index < -0.39 is 17.6 Å². The van der Waals surface area contributed by atoms with E-state index in [0.29, 0.717) is 35.1 Å². The van der Waals surface area contributed by atoms with Crippen LogP contribution in [-0.4, -0.2) is 47.2 Å². The number of likely N-dealkylation sites (tertiary alicyclic amines) is 1. The van der Waals surface area contributed by atoms with Crippen LogP contribution < -0.4 is 0 Å². The second-order valence-electron chi connectivity index (χ2n) is 8.52. The minimum atomic E-state index is -4.74. The number of likely N-dealkylation sites (N-methyl/N-ethyl adjacent to an activating group) is 1. The smallest absolute Gasteiger partial charge is 0.340 e. The lowest BCUT2D eigenvalue weighted by molar-refractivity contribution is -0.140. The molecule has 3 nitrogen and oxygen atoms in total. The van der Waals surface area contributed by atoms with Crippen molar-refractivity contribution in [1.82, 2.24) is 9.80 Å². The Morgan fingerprint density at radius 2 is 1.85 bits per heavy atom. The maximum Gasteiger partial charge on any atom is 0.419 e. The van der Waals surface area contributed by atoms with Crippen molar-refractivity contribution in [2.75, 3.05) is 25.5 Å². The Morgan fingerprint density at radius 1 is 1.12 bits per heavy atom. The first-order valence-corrected chi connectivity index (χ1v) is 12.7. The fraction of sp³-hybridized carbons (Fsp3) is 0.458. The lowest BCUT2D eigenvalue weighted by atomic mass is 9.93. The molecule has 1 heterocycles. The van der Waals surface area contributed by atoms with Gasteiger partial charge < -0.3 is 4.90 Å². The molecule has 2 atom stereocenters. The number of hydrogen-bond donors (Lipinski definition) is 0. The first-order valence-electron chi connectivity index (χ1n) is 10.9. The zero-order valence-corrected chi connectivity index (χ0v) is 21.6. The van der Waals surface area contributed by atoms with Crippen molar-refractivity contribution in [1.29, 1.82) is 0 Å². The number of benzene rings is 2. The molecule has 3 rings (SSSR count). The van der Waals surface area contributed by atoms with Crippen molar-refractivity contribution >= 4 is 45.0 Å². The molecule has 0 radical (unpaired) electrons. The normalized spacial score (nSPS) is 18.7. The number of hydrogen-bond acceptors (Lipinski definition) is 2. The van der Waals surface area contributed by atoms with E-state index in [1.165, 1.54) is 6.07 Å². The van der Waals surface area contributed by atoms with Crippen LogP contribution in [0.5, 0.6) is 0 Å². The summed E-state index contributed by atoms with van der Waals surface area (Å²) in [7, 11) is 1.82. The monoisotopic (exact) mass is 582 g/mol. The maximum absolute atomic E-state index is 14.1. The summed E-state index contributed by atoms with van der Waals surface area (Å²) in [6.07, 6.45) is -2.61. The minimum Gasteiger partial charge on any atom is -0.340 e. The second-order valence-corrected chi connectivity index (χ2v) is 10.1. The summed E-state index contributed by atoms with van der Waals surface area (Å²) in [4.78, 5) is 16.6. The van der Waals surface area contributed by atoms with Crippen LogP contribution in [0.25, 0.3) is 0 Å². The van der Waals surface area contributed by atoms with Crippen LogP contribution in [0.15, 0.2) is 36.4 Å². The average molecular weight is 584 g/mol. The van der Waals surface area contributed by atoms with Gasteiger partial charge in [0, 0.05) is 43.3 Å². The lowest BCUT2D eigenvalue weighted by Crippen LogP contribution is -2.38. The van der Waals surface area contributed by atoms with Crippen LogP contribution in [0.4, 0.5) is 17.6 Å². The topological polar surface area (TPSA) is 23.6 Å². The van der Waals surface area contributed by atoms with Gasteiger partial charge in [0.25, 0.3) is 0 Å². The predicted octanol–water partition coefficient (Wildman–Crippen LogP) is 7.14. The summed E-state index contributed by atoms with van der Waals surface area (Å²) in [5.74, 6) is -1.32. The third-order valence-electron chi connectivity index (χ3n) is 6.12. The third kappa shape index (κ3) is 6.65. The van der Waals surface area contributed by atoms with Gasteiger partial charge in [0.1, 0.15) is 5.82 Å². The van der Waals surface area contributed by atoms with Crippen LogP contribution in [0, 0.1) is 5.82 Å². The van der Waals surface area contributed by atoms with Gasteiger partial charge in [-0.05, 0) is 55.3 Å². The zero-order valence-electron chi connectivity index (χ0n) is 18.5. The highest BCUT2D eigenvalue weighted by molar-refractivity contribution is 9.09. The number of carbonyl (C=O) groups excluding carboxylic acids is 1. The van der Waals surface area contributed by atoms with E-state index in [0.717, 1.165) is 35.9 Å². The molecular weight excluding hydrogens is 559 g/mol. The van der Waals surface area contributed by atoms with Crippen molar-refractivity contribution in [3.63, 3.8) is 0 Å². The molecule has 2 aromatic carbocycles. The SMILES string of the molecule is CN(Cc1ccc(C(F)(F)F)c(F)c1)[C@H]1CN(C(=O)CCCCBr)C[C@@H]1c1ccc(Cl)c(Cl)c1. The molecule has 0 spiro atoms. The van der Waals surface area contributed by atoms with Gasteiger partial charge in [0.15, 0.2) is 0 Å². The molecule has 10 heteroatoms. The summed E-state index contributed by atoms with van der Waals surface area (Å²) in [6, 6.07) is 8.20. The highest BCUT2D eigenvalue weighted by atomic mass is 79.9. The molecule has 1 aliphatic heterocycles. The van der Waals surface area contributed by atoms with Crippen LogP contribution in [0.2, 0.25) is 10.0 Å². The molecule has 0 saturated carbocycles. The Hall–Kier alpha value is -1.35. The highest BCUT2D eigenvalue weighted by Gasteiger charge is 2.39. The summed E-state index contributed by atoms with van der Waals surface area (Å²) in [5.41, 5.74) is 0.0531. The standard InChI is InChI=1S/C24H25BrCl2F4N2O/c1-32(12-15-5-7-18(21(28)10-15)24(29,30)31)22-14-33(23(34)4-2-3-9-25)13-17(22)16-6-8-19(26)20(27)11-16/h5-8,10-11,17,22H,2-4,9,12-14H2,1H3/t17-,22+/m1/s1. The van der Waals surface area contributed by atoms with Crippen LogP contribution in [0.3, 0.4) is 0 Å². The minimum absolute atomic E-state index is 0.0579. The Bertz CT molecular complexity index is 1020. The summed E-state index contributed by atoms with van der Waals surface area (Å²) >= 11 is 15.7. The highest BCUT2D eigenvalue weighted by Crippen LogP contribution is 2.36. The maximum atomic E-state index is 14.1. The largest absolute Gasteiger partial charge is 0.419 e. The molecule has 186 valence electrons.